The van der Waals surface area contributed by atoms with E-state index < -0.39 is 10.1 Å². The van der Waals surface area contributed by atoms with Gasteiger partial charge in [0, 0.05) is 0 Å². The highest BCUT2D eigenvalue weighted by molar-refractivity contribution is 7.85. The molecular weight excluding hydrogens is 236 g/mol. The van der Waals surface area contributed by atoms with Gasteiger partial charge in [-0.1, -0.05) is 38.8 Å². The Balaban J connectivity index is 2.52. The van der Waals surface area contributed by atoms with Gasteiger partial charge in [0.05, 0.1) is 4.90 Å². The lowest BCUT2D eigenvalue weighted by Gasteiger charge is -2.07. The van der Waals surface area contributed by atoms with Crippen molar-refractivity contribution in [1.82, 2.24) is 0 Å². The van der Waals surface area contributed by atoms with Gasteiger partial charge in [-0.05, 0) is 36.5 Å². The summed E-state index contributed by atoms with van der Waals surface area (Å²) in [6.45, 7) is 4.42. The van der Waals surface area contributed by atoms with Crippen molar-refractivity contribution in [3.05, 3.63) is 29.8 Å². The topological polar surface area (TPSA) is 54.4 Å². The number of aryl methyl sites for hydroxylation is 1. The van der Waals surface area contributed by atoms with Crippen LogP contribution in [0, 0.1) is 5.92 Å². The SMILES string of the molecule is CCC(C)CCCc1ccc(S(=O)(=O)O)cc1. The Labute approximate surface area is 104 Å². The first-order valence-corrected chi connectivity index (χ1v) is 7.44. The molecule has 0 saturated carbocycles. The van der Waals surface area contributed by atoms with Crippen LogP contribution in [0.5, 0.6) is 0 Å². The van der Waals surface area contributed by atoms with Crippen LogP contribution in [0.15, 0.2) is 29.2 Å². The Bertz CT molecular complexity index is 434. The average Bonchev–Trinajstić information content (AvgIpc) is 2.28. The zero-order chi connectivity index (χ0) is 12.9. The second kappa shape index (κ2) is 6.17. The van der Waals surface area contributed by atoms with Gasteiger partial charge in [0.15, 0.2) is 0 Å². The highest BCUT2D eigenvalue weighted by atomic mass is 32.2. The Morgan fingerprint density at radius 2 is 1.82 bits per heavy atom. The second-order valence-electron chi connectivity index (χ2n) is 4.52. The lowest BCUT2D eigenvalue weighted by Crippen LogP contribution is -1.98. The maximum Gasteiger partial charge on any atom is 0.294 e. The van der Waals surface area contributed by atoms with Crippen molar-refractivity contribution in [2.45, 2.75) is 44.4 Å². The van der Waals surface area contributed by atoms with Crippen molar-refractivity contribution in [1.29, 1.82) is 0 Å². The van der Waals surface area contributed by atoms with Crippen LogP contribution in [0.4, 0.5) is 0 Å². The third-order valence-electron chi connectivity index (χ3n) is 3.08. The van der Waals surface area contributed by atoms with Gasteiger partial charge >= 0.3 is 0 Å². The predicted octanol–water partition coefficient (Wildman–Crippen LogP) is 3.30. The van der Waals surface area contributed by atoms with Gasteiger partial charge in [0.2, 0.25) is 0 Å². The van der Waals surface area contributed by atoms with Crippen LogP contribution >= 0.6 is 0 Å². The molecule has 3 nitrogen and oxygen atoms in total. The van der Waals surface area contributed by atoms with Crippen LogP contribution in [0.3, 0.4) is 0 Å². The van der Waals surface area contributed by atoms with Crippen LogP contribution in [0.25, 0.3) is 0 Å². The summed E-state index contributed by atoms with van der Waals surface area (Å²) >= 11 is 0. The molecule has 0 heterocycles. The molecule has 4 heteroatoms. The first kappa shape index (κ1) is 14.2. The zero-order valence-corrected chi connectivity index (χ0v) is 11.2. The first-order valence-electron chi connectivity index (χ1n) is 6.00. The number of benzene rings is 1. The molecular formula is C13H20O3S. The van der Waals surface area contributed by atoms with Gasteiger partial charge in [-0.3, -0.25) is 4.55 Å². The van der Waals surface area contributed by atoms with Crippen LogP contribution in [-0.4, -0.2) is 13.0 Å². The highest BCUT2D eigenvalue weighted by Crippen LogP contribution is 2.15. The molecule has 17 heavy (non-hydrogen) atoms. The number of rotatable bonds is 6. The van der Waals surface area contributed by atoms with Crippen molar-refractivity contribution >= 4 is 10.1 Å². The van der Waals surface area contributed by atoms with Gasteiger partial charge in [-0.2, -0.15) is 8.42 Å². The van der Waals surface area contributed by atoms with Crippen LogP contribution in [0.2, 0.25) is 0 Å². The molecule has 0 aliphatic heterocycles. The van der Waals surface area contributed by atoms with E-state index in [0.29, 0.717) is 0 Å². The van der Waals surface area contributed by atoms with E-state index in [0.717, 1.165) is 24.3 Å². The predicted molar refractivity (Wildman–Crippen MR) is 68.6 cm³/mol. The van der Waals surface area contributed by atoms with Gasteiger partial charge < -0.3 is 0 Å². The van der Waals surface area contributed by atoms with Crippen LogP contribution < -0.4 is 0 Å². The van der Waals surface area contributed by atoms with Gasteiger partial charge in [-0.25, -0.2) is 0 Å². The van der Waals surface area contributed by atoms with Gasteiger partial charge in [-0.15, -0.1) is 0 Å². The summed E-state index contributed by atoms with van der Waals surface area (Å²) in [6, 6.07) is 6.43. The highest BCUT2D eigenvalue weighted by Gasteiger charge is 2.08. The summed E-state index contributed by atoms with van der Waals surface area (Å²) < 4.78 is 30.5. The van der Waals surface area contributed by atoms with Crippen molar-refractivity contribution < 1.29 is 13.0 Å². The van der Waals surface area contributed by atoms with Crippen molar-refractivity contribution in [3.63, 3.8) is 0 Å². The molecule has 0 spiro atoms. The Kier molecular flexibility index (Phi) is 5.15. The lowest BCUT2D eigenvalue weighted by atomic mass is 9.99. The molecule has 0 fully saturated rings. The molecule has 96 valence electrons. The molecule has 1 rings (SSSR count). The number of hydrogen-bond acceptors (Lipinski definition) is 2. The summed E-state index contributed by atoms with van der Waals surface area (Å²) in [7, 11) is -4.06. The Hall–Kier alpha value is -0.870. The fraction of sp³-hybridized carbons (Fsp3) is 0.538. The fourth-order valence-electron chi connectivity index (χ4n) is 1.69. The minimum Gasteiger partial charge on any atom is -0.282 e. The zero-order valence-electron chi connectivity index (χ0n) is 10.4. The monoisotopic (exact) mass is 256 g/mol. The molecule has 1 atom stereocenters. The van der Waals surface area contributed by atoms with Gasteiger partial charge in [0.1, 0.15) is 0 Å². The molecule has 0 saturated heterocycles. The quantitative estimate of drug-likeness (QED) is 0.794. The molecule has 1 unspecified atom stereocenters. The fourth-order valence-corrected chi connectivity index (χ4v) is 2.17. The minimum atomic E-state index is -4.06. The second-order valence-corrected chi connectivity index (χ2v) is 5.95. The van der Waals surface area contributed by atoms with E-state index in [4.69, 9.17) is 4.55 Å². The van der Waals surface area contributed by atoms with E-state index in [2.05, 4.69) is 13.8 Å². The van der Waals surface area contributed by atoms with Crippen molar-refractivity contribution in [3.8, 4) is 0 Å². The third kappa shape index (κ3) is 4.88. The van der Waals surface area contributed by atoms with Crippen LogP contribution in [-0.2, 0) is 16.5 Å². The molecule has 1 N–H and O–H groups in total. The smallest absolute Gasteiger partial charge is 0.282 e. The third-order valence-corrected chi connectivity index (χ3v) is 3.95. The summed E-state index contributed by atoms with van der Waals surface area (Å²) in [5.74, 6) is 0.743. The summed E-state index contributed by atoms with van der Waals surface area (Å²) in [5, 5.41) is 0. The maximum absolute atomic E-state index is 10.8. The summed E-state index contributed by atoms with van der Waals surface area (Å²) in [5.41, 5.74) is 1.11. The normalized spacial score (nSPS) is 13.6. The maximum atomic E-state index is 10.8. The lowest BCUT2D eigenvalue weighted by molar-refractivity contribution is 0.483. The van der Waals surface area contributed by atoms with E-state index in [-0.39, 0.29) is 4.90 Å². The molecule has 0 amide bonds. The van der Waals surface area contributed by atoms with E-state index in [1.165, 1.54) is 25.0 Å². The Morgan fingerprint density at radius 1 is 1.24 bits per heavy atom. The molecule has 1 aromatic rings. The Morgan fingerprint density at radius 3 is 2.29 bits per heavy atom. The standard InChI is InChI=1S/C13H20O3S/c1-3-11(2)5-4-6-12-7-9-13(10-8-12)17(14,15)16/h7-11H,3-6H2,1-2H3,(H,14,15,16). The van der Waals surface area contributed by atoms with E-state index in [9.17, 15) is 8.42 Å². The van der Waals surface area contributed by atoms with E-state index in [1.807, 2.05) is 0 Å². The van der Waals surface area contributed by atoms with Crippen LogP contribution in [0.1, 0.15) is 38.7 Å². The first-order chi connectivity index (χ1) is 7.93. The molecule has 0 aromatic heterocycles. The largest absolute Gasteiger partial charge is 0.294 e. The average molecular weight is 256 g/mol. The number of hydrogen-bond donors (Lipinski definition) is 1. The summed E-state index contributed by atoms with van der Waals surface area (Å²) in [4.78, 5) is -0.0387. The van der Waals surface area contributed by atoms with E-state index >= 15 is 0 Å². The molecule has 0 radical (unpaired) electrons. The minimum absolute atomic E-state index is 0.0387. The molecule has 0 aliphatic carbocycles. The van der Waals surface area contributed by atoms with Gasteiger partial charge in [0.25, 0.3) is 10.1 Å². The molecule has 0 aliphatic rings. The molecule has 0 bridgehead atoms. The van der Waals surface area contributed by atoms with E-state index in [1.54, 1.807) is 12.1 Å². The van der Waals surface area contributed by atoms with Crippen molar-refractivity contribution in [2.75, 3.05) is 0 Å². The van der Waals surface area contributed by atoms with Crippen molar-refractivity contribution in [2.24, 2.45) is 5.92 Å². The molecule has 1 aromatic carbocycles. The summed E-state index contributed by atoms with van der Waals surface area (Å²) in [6.07, 6.45) is 4.45.